The summed E-state index contributed by atoms with van der Waals surface area (Å²) >= 11 is 4.41. The van der Waals surface area contributed by atoms with Gasteiger partial charge >= 0.3 is 0 Å². The van der Waals surface area contributed by atoms with Crippen molar-refractivity contribution in [1.29, 1.82) is 0 Å². The average molecular weight is 322 g/mol. The first-order chi connectivity index (χ1) is 10.3. The minimum atomic E-state index is -0.298. The maximum absolute atomic E-state index is 11.7. The molecule has 0 radical (unpaired) electrons. The fraction of sp³-hybridized carbons (Fsp3) is 0.467. The van der Waals surface area contributed by atoms with Crippen molar-refractivity contribution in [2.45, 2.75) is 31.9 Å². The number of imide groups is 2. The van der Waals surface area contributed by atoms with Crippen LogP contribution in [0.2, 0.25) is 0 Å². The van der Waals surface area contributed by atoms with E-state index in [0.29, 0.717) is 37.1 Å². The van der Waals surface area contributed by atoms with Crippen molar-refractivity contribution in [3.8, 4) is 0 Å². The van der Waals surface area contributed by atoms with E-state index >= 15 is 0 Å². The fourth-order valence-corrected chi connectivity index (χ4v) is 2.63. The Kier molecular flexibility index (Phi) is 4.85. The van der Waals surface area contributed by atoms with Gasteiger partial charge in [-0.2, -0.15) is 12.6 Å². The zero-order chi connectivity index (χ0) is 16.4. The Balaban J connectivity index is 1.77. The Morgan fingerprint density at radius 1 is 0.864 bits per heavy atom. The van der Waals surface area contributed by atoms with Crippen LogP contribution >= 0.6 is 12.6 Å². The van der Waals surface area contributed by atoms with Crippen LogP contribution in [0.3, 0.4) is 0 Å². The minimum Gasteiger partial charge on any atom is -0.275 e. The number of thiol groups is 1. The molecule has 0 aromatic carbocycles. The van der Waals surface area contributed by atoms with Crippen LogP contribution in [-0.2, 0) is 19.2 Å². The molecule has 0 aliphatic carbocycles. The lowest BCUT2D eigenvalue weighted by Crippen LogP contribution is -2.35. The highest BCUT2D eigenvalue weighted by Gasteiger charge is 2.30. The third-order valence-electron chi connectivity index (χ3n) is 3.75. The molecule has 6 nitrogen and oxygen atoms in total. The van der Waals surface area contributed by atoms with Crippen molar-refractivity contribution < 1.29 is 19.2 Å². The van der Waals surface area contributed by atoms with Gasteiger partial charge in [0.25, 0.3) is 23.6 Å². The maximum atomic E-state index is 11.7. The molecule has 0 fully saturated rings. The first-order valence-corrected chi connectivity index (χ1v) is 7.59. The fourth-order valence-electron chi connectivity index (χ4n) is 2.40. The highest BCUT2D eigenvalue weighted by Crippen LogP contribution is 2.17. The Bertz CT molecular complexity index is 557. The number of amides is 4. The van der Waals surface area contributed by atoms with Gasteiger partial charge in [0, 0.05) is 41.6 Å². The van der Waals surface area contributed by atoms with Crippen molar-refractivity contribution in [3.63, 3.8) is 0 Å². The molecule has 0 saturated heterocycles. The van der Waals surface area contributed by atoms with Gasteiger partial charge in [-0.25, -0.2) is 0 Å². The van der Waals surface area contributed by atoms with E-state index in [0.717, 1.165) is 0 Å². The monoisotopic (exact) mass is 322 g/mol. The second kappa shape index (κ2) is 6.48. The standard InChI is InChI=1S/C15H18N2O4S/c1-9-7-12(18)16(14(9)20)5-3-11(22)4-6-17-13(19)8-10(2)15(17)21/h7-8,11,22H,3-6H2,1-2H3. The first kappa shape index (κ1) is 16.5. The molecule has 2 rings (SSSR count). The summed E-state index contributed by atoms with van der Waals surface area (Å²) in [7, 11) is 0. The Hall–Kier alpha value is -1.89. The van der Waals surface area contributed by atoms with Gasteiger partial charge < -0.3 is 0 Å². The number of carbonyl (C=O) groups is 4. The third-order valence-corrected chi connectivity index (χ3v) is 4.27. The van der Waals surface area contributed by atoms with Crippen molar-refractivity contribution >= 4 is 36.3 Å². The summed E-state index contributed by atoms with van der Waals surface area (Å²) in [5.41, 5.74) is 0.881. The topological polar surface area (TPSA) is 74.8 Å². The molecule has 0 unspecified atom stereocenters. The summed E-state index contributed by atoms with van der Waals surface area (Å²) < 4.78 is 0. The van der Waals surface area contributed by atoms with E-state index in [1.54, 1.807) is 13.8 Å². The summed E-state index contributed by atoms with van der Waals surface area (Å²) in [6.07, 6.45) is 3.69. The molecule has 7 heteroatoms. The van der Waals surface area contributed by atoms with Crippen LogP contribution < -0.4 is 0 Å². The van der Waals surface area contributed by atoms with Gasteiger partial charge in [0.2, 0.25) is 0 Å². The van der Waals surface area contributed by atoms with Gasteiger partial charge in [0.05, 0.1) is 0 Å². The highest BCUT2D eigenvalue weighted by molar-refractivity contribution is 7.80. The van der Waals surface area contributed by atoms with E-state index in [-0.39, 0.29) is 28.9 Å². The van der Waals surface area contributed by atoms with E-state index in [2.05, 4.69) is 12.6 Å². The second-order valence-corrected chi connectivity index (χ2v) is 6.21. The smallest absolute Gasteiger partial charge is 0.256 e. The quantitative estimate of drug-likeness (QED) is 0.577. The largest absolute Gasteiger partial charge is 0.275 e. The molecule has 2 aliphatic rings. The summed E-state index contributed by atoms with van der Waals surface area (Å²) in [6.45, 7) is 3.80. The van der Waals surface area contributed by atoms with Crippen molar-refractivity contribution in [3.05, 3.63) is 23.3 Å². The molecule has 118 valence electrons. The molecule has 0 N–H and O–H groups in total. The SMILES string of the molecule is CC1=CC(=O)N(CCC(S)CCN2C(=O)C=C(C)C2=O)C1=O. The zero-order valence-electron chi connectivity index (χ0n) is 12.5. The van der Waals surface area contributed by atoms with Crippen LogP contribution in [0, 0.1) is 0 Å². The Labute approximate surface area is 134 Å². The van der Waals surface area contributed by atoms with Gasteiger partial charge in [0.1, 0.15) is 0 Å². The lowest BCUT2D eigenvalue weighted by atomic mass is 10.2. The van der Waals surface area contributed by atoms with Crippen LogP contribution in [-0.4, -0.2) is 51.8 Å². The predicted molar refractivity (Wildman–Crippen MR) is 83.0 cm³/mol. The molecule has 0 aromatic heterocycles. The predicted octanol–water partition coefficient (Wildman–Crippen LogP) is 0.695. The van der Waals surface area contributed by atoms with Crippen molar-refractivity contribution in [2.75, 3.05) is 13.1 Å². The molecular weight excluding hydrogens is 304 g/mol. The van der Waals surface area contributed by atoms with Crippen LogP contribution in [0.1, 0.15) is 26.7 Å². The number of hydrogen-bond acceptors (Lipinski definition) is 5. The molecule has 0 aromatic rings. The maximum Gasteiger partial charge on any atom is 0.256 e. The summed E-state index contributed by atoms with van der Waals surface area (Å²) in [6, 6.07) is 0. The molecule has 0 saturated carbocycles. The van der Waals surface area contributed by atoms with E-state index in [1.165, 1.54) is 22.0 Å². The number of nitrogens with zero attached hydrogens (tertiary/aromatic N) is 2. The summed E-state index contributed by atoms with van der Waals surface area (Å²) in [5, 5.41) is -0.108. The molecule has 22 heavy (non-hydrogen) atoms. The van der Waals surface area contributed by atoms with Gasteiger partial charge in [0.15, 0.2) is 0 Å². The molecule has 0 bridgehead atoms. The van der Waals surface area contributed by atoms with E-state index in [9.17, 15) is 19.2 Å². The van der Waals surface area contributed by atoms with Crippen LogP contribution in [0.15, 0.2) is 23.3 Å². The second-order valence-electron chi connectivity index (χ2n) is 5.48. The van der Waals surface area contributed by atoms with Crippen molar-refractivity contribution in [1.82, 2.24) is 9.80 Å². The number of rotatable bonds is 6. The molecule has 2 aliphatic heterocycles. The van der Waals surface area contributed by atoms with Gasteiger partial charge in [-0.05, 0) is 26.7 Å². The van der Waals surface area contributed by atoms with E-state index in [4.69, 9.17) is 0 Å². The van der Waals surface area contributed by atoms with Crippen molar-refractivity contribution in [2.24, 2.45) is 0 Å². The first-order valence-electron chi connectivity index (χ1n) is 7.07. The van der Waals surface area contributed by atoms with Crippen LogP contribution in [0.5, 0.6) is 0 Å². The molecule has 0 spiro atoms. The minimum absolute atomic E-state index is 0.108. The number of carbonyl (C=O) groups excluding carboxylic acids is 4. The highest BCUT2D eigenvalue weighted by atomic mass is 32.1. The molecular formula is C15H18N2O4S. The third kappa shape index (κ3) is 3.30. The van der Waals surface area contributed by atoms with Crippen LogP contribution in [0.25, 0.3) is 0 Å². The van der Waals surface area contributed by atoms with E-state index < -0.39 is 0 Å². The summed E-state index contributed by atoms with van der Waals surface area (Å²) in [5.74, 6) is -1.13. The lowest BCUT2D eigenvalue weighted by molar-refractivity contribution is -0.138. The normalized spacial score (nSPS) is 18.7. The molecule has 2 heterocycles. The molecule has 4 amide bonds. The lowest BCUT2D eigenvalue weighted by Gasteiger charge is -2.19. The van der Waals surface area contributed by atoms with Gasteiger partial charge in [-0.3, -0.25) is 29.0 Å². The summed E-state index contributed by atoms with van der Waals surface area (Å²) in [4.78, 5) is 49.0. The van der Waals surface area contributed by atoms with E-state index in [1.807, 2.05) is 0 Å². The average Bonchev–Trinajstić information content (AvgIpc) is 2.83. The van der Waals surface area contributed by atoms with Gasteiger partial charge in [-0.1, -0.05) is 0 Å². The zero-order valence-corrected chi connectivity index (χ0v) is 13.4. The Morgan fingerprint density at radius 2 is 1.23 bits per heavy atom. The van der Waals surface area contributed by atoms with Gasteiger partial charge in [-0.15, -0.1) is 0 Å². The van der Waals surface area contributed by atoms with Crippen LogP contribution in [0.4, 0.5) is 0 Å². The Morgan fingerprint density at radius 3 is 1.50 bits per heavy atom. The molecule has 0 atom stereocenters. The number of hydrogen-bond donors (Lipinski definition) is 1.